The molecule has 0 radical (unpaired) electrons. The lowest BCUT2D eigenvalue weighted by Gasteiger charge is -2.15. The van der Waals surface area contributed by atoms with Gasteiger partial charge in [-0.2, -0.15) is 0 Å². The van der Waals surface area contributed by atoms with Gasteiger partial charge in [-0.15, -0.1) is 0 Å². The third-order valence-corrected chi connectivity index (χ3v) is 2.66. The molecule has 5 nitrogen and oxygen atoms in total. The minimum absolute atomic E-state index is 0.0982. The van der Waals surface area contributed by atoms with E-state index in [2.05, 4.69) is 10.1 Å². The molecule has 1 N–H and O–H groups in total. The van der Waals surface area contributed by atoms with Gasteiger partial charge in [-0.3, -0.25) is 4.79 Å². The van der Waals surface area contributed by atoms with Crippen LogP contribution >= 0.6 is 0 Å². The molecule has 0 aromatic heterocycles. The van der Waals surface area contributed by atoms with Crippen molar-refractivity contribution in [2.75, 3.05) is 7.11 Å². The number of methoxy groups -OCH3 is 1. The Kier molecular flexibility index (Phi) is 5.83. The van der Waals surface area contributed by atoms with Crippen LogP contribution < -0.4 is 5.32 Å². The molecule has 1 aromatic rings. The minimum Gasteiger partial charge on any atom is -0.467 e. The van der Waals surface area contributed by atoms with Crippen molar-refractivity contribution in [3.8, 4) is 0 Å². The lowest BCUT2D eigenvalue weighted by Crippen LogP contribution is -2.41. The van der Waals surface area contributed by atoms with Gasteiger partial charge in [0.1, 0.15) is 17.6 Å². The molecule has 1 aromatic carbocycles. The van der Waals surface area contributed by atoms with E-state index in [-0.39, 0.29) is 24.2 Å². The highest BCUT2D eigenvalue weighted by atomic mass is 19.1. The molecule has 0 spiro atoms. The summed E-state index contributed by atoms with van der Waals surface area (Å²) in [4.78, 5) is 34.4. The molecular formula is C14H16FNO4. The van der Waals surface area contributed by atoms with Gasteiger partial charge >= 0.3 is 5.97 Å². The maximum absolute atomic E-state index is 13.0. The number of Topliss-reactive ketones (excluding diaryl/α,β-unsaturated/α-hetero) is 1. The summed E-state index contributed by atoms with van der Waals surface area (Å²) in [5, 5.41) is 2.43. The van der Waals surface area contributed by atoms with Crippen LogP contribution in [0.25, 0.3) is 0 Å². The lowest BCUT2D eigenvalue weighted by molar-refractivity contribution is -0.143. The Bertz CT molecular complexity index is 516. The molecule has 1 amide bonds. The highest BCUT2D eigenvalue weighted by Gasteiger charge is 2.22. The van der Waals surface area contributed by atoms with Crippen LogP contribution in [0, 0.1) is 5.82 Å². The summed E-state index contributed by atoms with van der Waals surface area (Å²) >= 11 is 0. The number of rotatable bonds is 6. The molecule has 0 bridgehead atoms. The Balaban J connectivity index is 2.75. The van der Waals surface area contributed by atoms with E-state index in [0.29, 0.717) is 0 Å². The molecule has 0 saturated heterocycles. The van der Waals surface area contributed by atoms with Gasteiger partial charge in [-0.05, 0) is 31.5 Å². The Morgan fingerprint density at radius 1 is 1.35 bits per heavy atom. The third kappa shape index (κ3) is 4.79. The van der Waals surface area contributed by atoms with Crippen molar-refractivity contribution in [1.82, 2.24) is 5.32 Å². The standard InChI is InChI=1S/C14H16FNO4/c1-9(17)6-7-12(14(19)20-2)16-13(18)10-4-3-5-11(15)8-10/h3-5,8,12H,6-7H2,1-2H3,(H,16,18)/t12-/m0/s1. The molecule has 1 atom stereocenters. The monoisotopic (exact) mass is 281 g/mol. The molecule has 0 unspecified atom stereocenters. The fraction of sp³-hybridized carbons (Fsp3) is 0.357. The average Bonchev–Trinajstić information content (AvgIpc) is 2.42. The second-order valence-corrected chi connectivity index (χ2v) is 4.30. The Hall–Kier alpha value is -2.24. The fourth-order valence-corrected chi connectivity index (χ4v) is 1.61. The largest absolute Gasteiger partial charge is 0.467 e. The van der Waals surface area contributed by atoms with Crippen molar-refractivity contribution >= 4 is 17.7 Å². The smallest absolute Gasteiger partial charge is 0.328 e. The van der Waals surface area contributed by atoms with Crippen LogP contribution in [0.15, 0.2) is 24.3 Å². The first-order valence-corrected chi connectivity index (χ1v) is 6.07. The highest BCUT2D eigenvalue weighted by molar-refractivity contribution is 5.96. The van der Waals surface area contributed by atoms with Crippen LogP contribution in [0.3, 0.4) is 0 Å². The second-order valence-electron chi connectivity index (χ2n) is 4.30. The molecule has 108 valence electrons. The van der Waals surface area contributed by atoms with Gasteiger partial charge in [0.2, 0.25) is 0 Å². The summed E-state index contributed by atoms with van der Waals surface area (Å²) in [7, 11) is 1.19. The number of halogens is 1. The van der Waals surface area contributed by atoms with E-state index in [0.717, 1.165) is 6.07 Å². The SMILES string of the molecule is COC(=O)[C@H](CCC(C)=O)NC(=O)c1cccc(F)c1. The summed E-state index contributed by atoms with van der Waals surface area (Å²) < 4.78 is 17.6. The first-order chi connectivity index (χ1) is 9.43. The van der Waals surface area contributed by atoms with E-state index in [1.165, 1.54) is 32.2 Å². The van der Waals surface area contributed by atoms with Crippen LogP contribution in [0.2, 0.25) is 0 Å². The number of ketones is 1. The summed E-state index contributed by atoms with van der Waals surface area (Å²) in [6.07, 6.45) is 0.284. The number of esters is 1. The number of nitrogens with one attached hydrogen (secondary N) is 1. The molecule has 0 aliphatic heterocycles. The summed E-state index contributed by atoms with van der Waals surface area (Å²) in [5.41, 5.74) is 0.0988. The third-order valence-electron chi connectivity index (χ3n) is 2.66. The summed E-state index contributed by atoms with van der Waals surface area (Å²) in [6.45, 7) is 1.39. The van der Waals surface area contributed by atoms with Crippen LogP contribution in [-0.2, 0) is 14.3 Å². The number of benzene rings is 1. The molecule has 0 aliphatic carbocycles. The van der Waals surface area contributed by atoms with Crippen molar-refractivity contribution in [1.29, 1.82) is 0 Å². The molecule has 1 rings (SSSR count). The van der Waals surface area contributed by atoms with E-state index in [9.17, 15) is 18.8 Å². The van der Waals surface area contributed by atoms with Crippen LogP contribution in [0.5, 0.6) is 0 Å². The first kappa shape index (κ1) is 15.8. The zero-order valence-corrected chi connectivity index (χ0v) is 11.3. The van der Waals surface area contributed by atoms with E-state index in [1.807, 2.05) is 0 Å². The van der Waals surface area contributed by atoms with Crippen molar-refractivity contribution in [2.24, 2.45) is 0 Å². The molecule has 20 heavy (non-hydrogen) atoms. The zero-order chi connectivity index (χ0) is 15.1. The summed E-state index contributed by atoms with van der Waals surface area (Å²) in [5.74, 6) is -1.88. The molecular weight excluding hydrogens is 265 g/mol. The quantitative estimate of drug-likeness (QED) is 0.801. The second kappa shape index (κ2) is 7.37. The first-order valence-electron chi connectivity index (χ1n) is 6.07. The number of hydrogen-bond donors (Lipinski definition) is 1. The molecule has 0 aliphatic rings. The average molecular weight is 281 g/mol. The van der Waals surface area contributed by atoms with Gasteiger partial charge < -0.3 is 14.8 Å². The molecule has 0 saturated carbocycles. The number of carbonyl (C=O) groups is 3. The van der Waals surface area contributed by atoms with Crippen molar-refractivity contribution in [2.45, 2.75) is 25.8 Å². The van der Waals surface area contributed by atoms with Gasteiger partial charge in [0.25, 0.3) is 5.91 Å². The van der Waals surface area contributed by atoms with E-state index in [4.69, 9.17) is 0 Å². The number of ether oxygens (including phenoxy) is 1. The van der Waals surface area contributed by atoms with Crippen molar-refractivity contribution in [3.63, 3.8) is 0 Å². The maximum atomic E-state index is 13.0. The van der Waals surface area contributed by atoms with Gasteiger partial charge in [0.15, 0.2) is 0 Å². The minimum atomic E-state index is -0.931. The van der Waals surface area contributed by atoms with Crippen LogP contribution in [0.1, 0.15) is 30.1 Å². The number of hydrogen-bond acceptors (Lipinski definition) is 4. The maximum Gasteiger partial charge on any atom is 0.328 e. The predicted octanol–water partition coefficient (Wildman–Crippen LogP) is 1.47. The fourth-order valence-electron chi connectivity index (χ4n) is 1.61. The normalized spacial score (nSPS) is 11.6. The lowest BCUT2D eigenvalue weighted by atomic mass is 10.1. The zero-order valence-electron chi connectivity index (χ0n) is 11.3. The van der Waals surface area contributed by atoms with Crippen LogP contribution in [-0.4, -0.2) is 30.8 Å². The van der Waals surface area contributed by atoms with E-state index in [1.54, 1.807) is 0 Å². The van der Waals surface area contributed by atoms with Gasteiger partial charge in [-0.25, -0.2) is 9.18 Å². The van der Waals surface area contributed by atoms with E-state index >= 15 is 0 Å². The van der Waals surface area contributed by atoms with Gasteiger partial charge in [0, 0.05) is 12.0 Å². The summed E-state index contributed by atoms with van der Waals surface area (Å²) in [6, 6.07) is 4.17. The molecule has 0 fully saturated rings. The Morgan fingerprint density at radius 3 is 2.60 bits per heavy atom. The van der Waals surface area contributed by atoms with Crippen molar-refractivity contribution in [3.05, 3.63) is 35.6 Å². The Labute approximate surface area is 116 Å². The highest BCUT2D eigenvalue weighted by Crippen LogP contribution is 2.06. The Morgan fingerprint density at radius 2 is 2.05 bits per heavy atom. The molecule has 6 heteroatoms. The predicted molar refractivity (Wildman–Crippen MR) is 69.6 cm³/mol. The van der Waals surface area contributed by atoms with E-state index < -0.39 is 23.7 Å². The number of amides is 1. The van der Waals surface area contributed by atoms with Gasteiger partial charge in [0.05, 0.1) is 7.11 Å². The molecule has 0 heterocycles. The van der Waals surface area contributed by atoms with Gasteiger partial charge in [-0.1, -0.05) is 6.07 Å². The van der Waals surface area contributed by atoms with Crippen LogP contribution in [0.4, 0.5) is 4.39 Å². The topological polar surface area (TPSA) is 72.5 Å². The number of carbonyl (C=O) groups excluding carboxylic acids is 3. The van der Waals surface area contributed by atoms with Crippen molar-refractivity contribution < 1.29 is 23.5 Å².